The summed E-state index contributed by atoms with van der Waals surface area (Å²) in [6, 6.07) is 10.4. The van der Waals surface area contributed by atoms with Crippen molar-refractivity contribution >= 4 is 15.9 Å². The summed E-state index contributed by atoms with van der Waals surface area (Å²) in [5.74, 6) is -0.0398. The van der Waals surface area contributed by atoms with Gasteiger partial charge in [0.1, 0.15) is 5.75 Å². The predicted molar refractivity (Wildman–Crippen MR) is 95.8 cm³/mol. The van der Waals surface area contributed by atoms with Gasteiger partial charge in [-0.25, -0.2) is 8.42 Å². The molecule has 2 N–H and O–H groups in total. The minimum absolute atomic E-state index is 0.119. The zero-order valence-corrected chi connectivity index (χ0v) is 15.5. The van der Waals surface area contributed by atoms with E-state index in [-0.39, 0.29) is 11.5 Å². The van der Waals surface area contributed by atoms with E-state index in [1.165, 1.54) is 6.07 Å². The Hall–Kier alpha value is -2.38. The van der Waals surface area contributed by atoms with Crippen molar-refractivity contribution in [3.63, 3.8) is 0 Å². The molecule has 0 atom stereocenters. The summed E-state index contributed by atoms with van der Waals surface area (Å²) in [6.07, 6.45) is 0. The molecule has 0 aliphatic carbocycles. The van der Waals surface area contributed by atoms with Crippen molar-refractivity contribution in [2.24, 2.45) is 0 Å². The number of aryl methyl sites for hydroxylation is 4. The van der Waals surface area contributed by atoms with Crippen LogP contribution in [-0.4, -0.2) is 20.9 Å². The number of carbonyl (C=O) groups is 1. The lowest BCUT2D eigenvalue weighted by Crippen LogP contribution is -2.43. The van der Waals surface area contributed by atoms with Crippen molar-refractivity contribution in [3.8, 4) is 5.75 Å². The Morgan fingerprint density at radius 1 is 0.960 bits per heavy atom. The zero-order valence-electron chi connectivity index (χ0n) is 14.7. The molecule has 0 unspecified atom stereocenters. The highest BCUT2D eigenvalue weighted by atomic mass is 32.2. The van der Waals surface area contributed by atoms with E-state index in [1.807, 2.05) is 32.9 Å². The highest BCUT2D eigenvalue weighted by Gasteiger charge is 2.17. The molecule has 1 amide bonds. The Balaban J connectivity index is 1.93. The fraction of sp³-hybridized carbons (Fsp3) is 0.278. The van der Waals surface area contributed by atoms with E-state index in [2.05, 4.69) is 10.3 Å². The van der Waals surface area contributed by atoms with Gasteiger partial charge in [0.2, 0.25) is 0 Å². The minimum Gasteiger partial charge on any atom is -0.484 e. The molecule has 7 heteroatoms. The Kier molecular flexibility index (Phi) is 5.81. The molecule has 0 aliphatic rings. The van der Waals surface area contributed by atoms with Crippen molar-refractivity contribution in [3.05, 3.63) is 58.7 Å². The number of ether oxygens (including phenoxy) is 1. The summed E-state index contributed by atoms with van der Waals surface area (Å²) < 4.78 is 29.9. The van der Waals surface area contributed by atoms with Crippen LogP contribution in [0.25, 0.3) is 0 Å². The van der Waals surface area contributed by atoms with Gasteiger partial charge in [0.15, 0.2) is 6.61 Å². The van der Waals surface area contributed by atoms with Gasteiger partial charge < -0.3 is 4.74 Å². The molecule has 134 valence electrons. The monoisotopic (exact) mass is 362 g/mol. The molecule has 0 saturated carbocycles. The normalized spacial score (nSPS) is 11.2. The van der Waals surface area contributed by atoms with Gasteiger partial charge in [-0.2, -0.15) is 0 Å². The van der Waals surface area contributed by atoms with Crippen molar-refractivity contribution < 1.29 is 17.9 Å². The van der Waals surface area contributed by atoms with Gasteiger partial charge in [-0.1, -0.05) is 23.8 Å². The largest absolute Gasteiger partial charge is 0.484 e. The van der Waals surface area contributed by atoms with Crippen LogP contribution in [-0.2, 0) is 14.8 Å². The molecular weight excluding hydrogens is 340 g/mol. The van der Waals surface area contributed by atoms with Gasteiger partial charge in [0.05, 0.1) is 4.90 Å². The first-order chi connectivity index (χ1) is 11.7. The molecule has 6 nitrogen and oxygen atoms in total. The number of hydrogen-bond acceptors (Lipinski definition) is 4. The molecule has 0 spiro atoms. The van der Waals surface area contributed by atoms with Gasteiger partial charge in [0.25, 0.3) is 15.9 Å². The number of nitrogens with one attached hydrogen (secondary N) is 2. The standard InChI is InChI=1S/C18H22N2O4S/c1-12-5-8-17(15(4)9-12)25(22,23)20-19-18(21)11-24-16-7-6-13(2)14(3)10-16/h5-10,20H,11H2,1-4H3,(H,19,21). The summed E-state index contributed by atoms with van der Waals surface area (Å²) in [6.45, 7) is 7.21. The van der Waals surface area contributed by atoms with Crippen LogP contribution in [0.5, 0.6) is 5.75 Å². The summed E-state index contributed by atoms with van der Waals surface area (Å²) >= 11 is 0. The third-order valence-corrected chi connectivity index (χ3v) is 5.20. The zero-order chi connectivity index (χ0) is 18.6. The average molecular weight is 362 g/mol. The van der Waals surface area contributed by atoms with Crippen LogP contribution in [0.1, 0.15) is 22.3 Å². The second-order valence-electron chi connectivity index (χ2n) is 5.96. The van der Waals surface area contributed by atoms with Gasteiger partial charge in [-0.05, 0) is 62.6 Å². The maximum atomic E-state index is 12.3. The first-order valence-electron chi connectivity index (χ1n) is 7.77. The van der Waals surface area contributed by atoms with Gasteiger partial charge in [-0.15, -0.1) is 4.83 Å². The third-order valence-electron chi connectivity index (χ3n) is 3.79. The Morgan fingerprint density at radius 3 is 2.32 bits per heavy atom. The van der Waals surface area contributed by atoms with E-state index < -0.39 is 15.9 Å². The molecule has 0 bridgehead atoms. The van der Waals surface area contributed by atoms with Crippen molar-refractivity contribution in [2.45, 2.75) is 32.6 Å². The highest BCUT2D eigenvalue weighted by Crippen LogP contribution is 2.17. The number of sulfonamides is 1. The number of hydrogen-bond donors (Lipinski definition) is 2. The van der Waals surface area contributed by atoms with Gasteiger partial charge in [0, 0.05) is 0 Å². The Labute approximate surface area is 148 Å². The van der Waals surface area contributed by atoms with E-state index in [0.717, 1.165) is 16.7 Å². The lowest BCUT2D eigenvalue weighted by atomic mass is 10.1. The second kappa shape index (κ2) is 7.67. The van der Waals surface area contributed by atoms with Crippen LogP contribution in [0.4, 0.5) is 0 Å². The molecule has 25 heavy (non-hydrogen) atoms. The number of hydrazine groups is 1. The summed E-state index contributed by atoms with van der Waals surface area (Å²) in [5, 5.41) is 0. The van der Waals surface area contributed by atoms with Crippen molar-refractivity contribution in [1.29, 1.82) is 0 Å². The summed E-state index contributed by atoms with van der Waals surface area (Å²) in [4.78, 5) is 14.0. The van der Waals surface area contributed by atoms with Crippen LogP contribution < -0.4 is 15.0 Å². The third kappa shape index (κ3) is 5.04. The van der Waals surface area contributed by atoms with Crippen LogP contribution >= 0.6 is 0 Å². The number of carbonyl (C=O) groups excluding carboxylic acids is 1. The second-order valence-corrected chi connectivity index (χ2v) is 7.61. The van der Waals surface area contributed by atoms with Gasteiger partial charge in [-0.3, -0.25) is 10.2 Å². The topological polar surface area (TPSA) is 84.5 Å². The molecule has 0 aromatic heterocycles. The Morgan fingerprint density at radius 2 is 1.68 bits per heavy atom. The SMILES string of the molecule is Cc1ccc(S(=O)(=O)NNC(=O)COc2ccc(C)c(C)c2)c(C)c1. The molecule has 0 saturated heterocycles. The van der Waals surface area contributed by atoms with E-state index in [4.69, 9.17) is 4.74 Å². The number of benzene rings is 2. The number of rotatable bonds is 6. The van der Waals surface area contributed by atoms with Crippen LogP contribution in [0.15, 0.2) is 41.3 Å². The molecule has 0 aliphatic heterocycles. The maximum Gasteiger partial charge on any atom is 0.272 e. The lowest BCUT2D eigenvalue weighted by molar-refractivity contribution is -0.123. The fourth-order valence-corrected chi connectivity index (χ4v) is 3.36. The fourth-order valence-electron chi connectivity index (χ4n) is 2.27. The first kappa shape index (κ1) is 19.0. The van der Waals surface area contributed by atoms with Crippen LogP contribution in [0.2, 0.25) is 0 Å². The van der Waals surface area contributed by atoms with Crippen molar-refractivity contribution in [2.75, 3.05) is 6.61 Å². The van der Waals surface area contributed by atoms with E-state index in [9.17, 15) is 13.2 Å². The summed E-state index contributed by atoms with van der Waals surface area (Å²) in [5.41, 5.74) is 5.90. The quantitative estimate of drug-likeness (QED) is 0.773. The summed E-state index contributed by atoms with van der Waals surface area (Å²) in [7, 11) is -3.84. The highest BCUT2D eigenvalue weighted by molar-refractivity contribution is 7.89. The molecule has 2 rings (SSSR count). The van der Waals surface area contributed by atoms with E-state index >= 15 is 0 Å². The molecule has 2 aromatic carbocycles. The maximum absolute atomic E-state index is 12.3. The molecular formula is C18H22N2O4S. The smallest absolute Gasteiger partial charge is 0.272 e. The average Bonchev–Trinajstić information content (AvgIpc) is 2.54. The molecule has 2 aromatic rings. The Bertz CT molecular complexity index is 892. The van der Waals surface area contributed by atoms with Crippen LogP contribution in [0, 0.1) is 27.7 Å². The minimum atomic E-state index is -3.84. The molecule has 0 radical (unpaired) electrons. The van der Waals surface area contributed by atoms with Crippen LogP contribution in [0.3, 0.4) is 0 Å². The first-order valence-corrected chi connectivity index (χ1v) is 9.25. The predicted octanol–water partition coefficient (Wildman–Crippen LogP) is 2.31. The number of amides is 1. The lowest BCUT2D eigenvalue weighted by Gasteiger charge is -2.12. The van der Waals surface area contributed by atoms with E-state index in [1.54, 1.807) is 25.1 Å². The van der Waals surface area contributed by atoms with Crippen molar-refractivity contribution in [1.82, 2.24) is 10.3 Å². The molecule has 0 fully saturated rings. The van der Waals surface area contributed by atoms with Gasteiger partial charge >= 0.3 is 0 Å². The van der Waals surface area contributed by atoms with E-state index in [0.29, 0.717) is 11.3 Å². The molecule has 0 heterocycles.